The van der Waals surface area contributed by atoms with Gasteiger partial charge in [-0.1, -0.05) is 49.4 Å². The molecular weight excluding hydrogens is 376 g/mol. The monoisotopic (exact) mass is 398 g/mol. The fourth-order valence-corrected chi connectivity index (χ4v) is 3.30. The van der Waals surface area contributed by atoms with Crippen LogP contribution in [0.15, 0.2) is 54.6 Å². The van der Waals surface area contributed by atoms with Gasteiger partial charge >= 0.3 is 12.2 Å². The number of hydrogen-bond acceptors (Lipinski definition) is 6. The second-order valence-corrected chi connectivity index (χ2v) is 6.63. The van der Waals surface area contributed by atoms with Gasteiger partial charge in [-0.15, -0.1) is 0 Å². The SMILES string of the molecule is COc1ccc(C(C)C(OC(N)=O)C(=O)N2C(=O)OC[C@H]2c2ccccc2)cc1. The van der Waals surface area contributed by atoms with Gasteiger partial charge in [0.05, 0.1) is 7.11 Å². The van der Waals surface area contributed by atoms with E-state index in [1.807, 2.05) is 6.07 Å². The normalized spacial score (nSPS) is 17.9. The van der Waals surface area contributed by atoms with Crippen molar-refractivity contribution >= 4 is 18.1 Å². The van der Waals surface area contributed by atoms with Gasteiger partial charge in [-0.3, -0.25) is 4.79 Å². The van der Waals surface area contributed by atoms with Gasteiger partial charge in [0, 0.05) is 5.92 Å². The largest absolute Gasteiger partial charge is 0.497 e. The molecule has 3 atom stereocenters. The molecule has 2 unspecified atom stereocenters. The number of rotatable bonds is 6. The van der Waals surface area contributed by atoms with Gasteiger partial charge in [-0.05, 0) is 23.3 Å². The molecular formula is C21H22N2O6. The van der Waals surface area contributed by atoms with Crippen LogP contribution in [0.4, 0.5) is 9.59 Å². The lowest BCUT2D eigenvalue weighted by Gasteiger charge is -2.28. The number of nitrogens with two attached hydrogens (primary N) is 1. The van der Waals surface area contributed by atoms with Gasteiger partial charge in [-0.25, -0.2) is 14.5 Å². The van der Waals surface area contributed by atoms with Crippen molar-refractivity contribution in [3.8, 4) is 5.75 Å². The zero-order chi connectivity index (χ0) is 21.0. The van der Waals surface area contributed by atoms with E-state index in [0.717, 1.165) is 10.5 Å². The Labute approximate surface area is 168 Å². The van der Waals surface area contributed by atoms with E-state index in [1.165, 1.54) is 0 Å². The highest BCUT2D eigenvalue weighted by Crippen LogP contribution is 2.32. The van der Waals surface area contributed by atoms with Crippen LogP contribution in [0.5, 0.6) is 5.75 Å². The molecule has 1 aliphatic rings. The first-order valence-corrected chi connectivity index (χ1v) is 9.07. The fourth-order valence-electron chi connectivity index (χ4n) is 3.30. The predicted molar refractivity (Wildman–Crippen MR) is 103 cm³/mol. The van der Waals surface area contributed by atoms with E-state index >= 15 is 0 Å². The van der Waals surface area contributed by atoms with E-state index in [2.05, 4.69) is 0 Å². The first-order valence-electron chi connectivity index (χ1n) is 9.07. The third-order valence-corrected chi connectivity index (χ3v) is 4.88. The zero-order valence-electron chi connectivity index (χ0n) is 16.1. The molecule has 0 radical (unpaired) electrons. The van der Waals surface area contributed by atoms with Crippen LogP contribution in [0.25, 0.3) is 0 Å². The second kappa shape index (κ2) is 8.64. The molecule has 2 aromatic rings. The molecule has 152 valence electrons. The molecule has 29 heavy (non-hydrogen) atoms. The molecule has 1 saturated heterocycles. The lowest BCUT2D eigenvalue weighted by Crippen LogP contribution is -2.46. The van der Waals surface area contributed by atoms with Crippen molar-refractivity contribution < 1.29 is 28.6 Å². The Morgan fingerprint density at radius 1 is 1.14 bits per heavy atom. The van der Waals surface area contributed by atoms with E-state index in [9.17, 15) is 14.4 Å². The summed E-state index contributed by atoms with van der Waals surface area (Å²) in [6.45, 7) is 1.74. The van der Waals surface area contributed by atoms with Gasteiger partial charge in [0.2, 0.25) is 0 Å². The smallest absolute Gasteiger partial charge is 0.417 e. The van der Waals surface area contributed by atoms with E-state index in [4.69, 9.17) is 19.9 Å². The number of nitrogens with zero attached hydrogens (tertiary/aromatic N) is 1. The maximum absolute atomic E-state index is 13.3. The van der Waals surface area contributed by atoms with Gasteiger partial charge in [-0.2, -0.15) is 0 Å². The molecule has 0 aromatic heterocycles. The van der Waals surface area contributed by atoms with Crippen LogP contribution in [0.2, 0.25) is 0 Å². The fraction of sp³-hybridized carbons (Fsp3) is 0.286. The van der Waals surface area contributed by atoms with Crippen molar-refractivity contribution in [2.45, 2.75) is 25.0 Å². The summed E-state index contributed by atoms with van der Waals surface area (Å²) in [5.74, 6) is -0.610. The number of ether oxygens (including phenoxy) is 3. The number of primary amides is 1. The first kappa shape index (κ1) is 20.2. The summed E-state index contributed by atoms with van der Waals surface area (Å²) < 4.78 is 15.4. The predicted octanol–water partition coefficient (Wildman–Crippen LogP) is 2.98. The topological polar surface area (TPSA) is 108 Å². The molecule has 3 amide bonds. The Morgan fingerprint density at radius 3 is 2.38 bits per heavy atom. The molecule has 0 aliphatic carbocycles. The first-order chi connectivity index (χ1) is 13.9. The van der Waals surface area contributed by atoms with Crippen LogP contribution in [0.1, 0.15) is 30.0 Å². The Hall–Kier alpha value is -3.55. The van der Waals surface area contributed by atoms with Gasteiger partial charge < -0.3 is 19.9 Å². The summed E-state index contributed by atoms with van der Waals surface area (Å²) in [6.07, 6.45) is -3.19. The third kappa shape index (κ3) is 4.31. The molecule has 1 fully saturated rings. The molecule has 3 rings (SSSR count). The van der Waals surface area contributed by atoms with Crippen molar-refractivity contribution in [2.75, 3.05) is 13.7 Å². The maximum atomic E-state index is 13.3. The maximum Gasteiger partial charge on any atom is 0.417 e. The van der Waals surface area contributed by atoms with Crippen LogP contribution >= 0.6 is 0 Å². The molecule has 8 heteroatoms. The number of cyclic esters (lactones) is 1. The van der Waals surface area contributed by atoms with Crippen LogP contribution in [-0.2, 0) is 14.3 Å². The van der Waals surface area contributed by atoms with Gasteiger partial charge in [0.25, 0.3) is 5.91 Å². The van der Waals surface area contributed by atoms with Gasteiger partial charge in [0.15, 0.2) is 6.10 Å². The van der Waals surface area contributed by atoms with E-state index in [0.29, 0.717) is 11.3 Å². The highest BCUT2D eigenvalue weighted by molar-refractivity contribution is 5.97. The summed E-state index contributed by atoms with van der Waals surface area (Å²) in [6, 6.07) is 15.4. The lowest BCUT2D eigenvalue weighted by molar-refractivity contribution is -0.139. The molecule has 2 aromatic carbocycles. The van der Waals surface area contributed by atoms with Crippen molar-refractivity contribution in [1.29, 1.82) is 0 Å². The number of benzene rings is 2. The number of imide groups is 1. The average Bonchev–Trinajstić information content (AvgIpc) is 3.13. The van der Waals surface area contributed by atoms with Crippen molar-refractivity contribution in [2.24, 2.45) is 5.73 Å². The summed E-state index contributed by atoms with van der Waals surface area (Å²) in [4.78, 5) is 38.1. The van der Waals surface area contributed by atoms with E-state index in [-0.39, 0.29) is 6.61 Å². The highest BCUT2D eigenvalue weighted by Gasteiger charge is 2.44. The van der Waals surface area contributed by atoms with Gasteiger partial charge in [0.1, 0.15) is 18.4 Å². The molecule has 0 saturated carbocycles. The van der Waals surface area contributed by atoms with Crippen LogP contribution in [-0.4, -0.2) is 42.8 Å². The Morgan fingerprint density at radius 2 is 1.79 bits per heavy atom. The molecule has 0 bridgehead atoms. The van der Waals surface area contributed by atoms with Crippen LogP contribution < -0.4 is 10.5 Å². The van der Waals surface area contributed by atoms with Crippen LogP contribution in [0.3, 0.4) is 0 Å². The Bertz CT molecular complexity index is 884. The molecule has 8 nitrogen and oxygen atoms in total. The number of carbonyl (C=O) groups is 3. The summed E-state index contributed by atoms with van der Waals surface area (Å²) >= 11 is 0. The number of methoxy groups -OCH3 is 1. The standard InChI is InChI=1S/C21H22N2O6/c1-13(14-8-10-16(27-2)11-9-14)18(29-20(22)25)19(24)23-17(12-28-21(23)26)15-6-4-3-5-7-15/h3-11,13,17-18H,12H2,1-2H3,(H2,22,25)/t13?,17-,18?/m0/s1. The zero-order valence-corrected chi connectivity index (χ0v) is 16.1. The van der Waals surface area contributed by atoms with Crippen molar-refractivity contribution in [3.63, 3.8) is 0 Å². The summed E-state index contributed by atoms with van der Waals surface area (Å²) in [5.41, 5.74) is 6.66. The Kier molecular flexibility index (Phi) is 6.01. The third-order valence-electron chi connectivity index (χ3n) is 4.88. The molecule has 2 N–H and O–H groups in total. The lowest BCUT2D eigenvalue weighted by atomic mass is 9.93. The van der Waals surface area contributed by atoms with E-state index < -0.39 is 36.2 Å². The number of hydrogen-bond donors (Lipinski definition) is 1. The minimum absolute atomic E-state index is 0.0226. The van der Waals surface area contributed by atoms with Crippen molar-refractivity contribution in [3.05, 3.63) is 65.7 Å². The quantitative estimate of drug-likeness (QED) is 0.801. The molecule has 0 spiro atoms. The average molecular weight is 398 g/mol. The minimum Gasteiger partial charge on any atom is -0.497 e. The highest BCUT2D eigenvalue weighted by atomic mass is 16.6. The van der Waals surface area contributed by atoms with Crippen molar-refractivity contribution in [1.82, 2.24) is 4.90 Å². The van der Waals surface area contributed by atoms with Crippen LogP contribution in [0, 0.1) is 0 Å². The molecule has 1 aliphatic heterocycles. The van der Waals surface area contributed by atoms with E-state index in [1.54, 1.807) is 62.6 Å². The molecule has 1 heterocycles. The summed E-state index contributed by atoms with van der Waals surface area (Å²) in [7, 11) is 1.55. The Balaban J connectivity index is 1.91. The second-order valence-electron chi connectivity index (χ2n) is 6.63. The summed E-state index contributed by atoms with van der Waals surface area (Å²) in [5, 5.41) is 0. The number of carbonyl (C=O) groups excluding carboxylic acids is 3. The minimum atomic E-state index is -1.29. The number of amides is 3.